The van der Waals surface area contributed by atoms with Gasteiger partial charge in [-0.1, -0.05) is 12.1 Å². The summed E-state index contributed by atoms with van der Waals surface area (Å²) in [5.74, 6) is 3.01. The lowest BCUT2D eigenvalue weighted by Gasteiger charge is -2.26. The Balaban J connectivity index is 1.86. The van der Waals surface area contributed by atoms with Crippen molar-refractivity contribution in [2.24, 2.45) is 0 Å². The topological polar surface area (TPSA) is 51.0 Å². The minimum Gasteiger partial charge on any atom is -0.339 e. The van der Waals surface area contributed by atoms with E-state index in [1.807, 2.05) is 0 Å². The minimum atomic E-state index is 0.480. The minimum absolute atomic E-state index is 0.480. The Hall–Kier alpha value is -0.550. The van der Waals surface area contributed by atoms with E-state index in [0.717, 1.165) is 24.0 Å². The average Bonchev–Trinajstić information content (AvgIpc) is 2.80. The van der Waals surface area contributed by atoms with Gasteiger partial charge >= 0.3 is 0 Å². The van der Waals surface area contributed by atoms with E-state index in [-0.39, 0.29) is 0 Å². The lowest BCUT2D eigenvalue weighted by molar-refractivity contribution is 0.284. The quantitative estimate of drug-likeness (QED) is 0.876. The molecule has 1 N–H and O–H groups in total. The van der Waals surface area contributed by atoms with Crippen LogP contribution in [0.5, 0.6) is 0 Å². The second-order valence-corrected chi connectivity index (χ2v) is 5.45. The first-order chi connectivity index (χ1) is 8.33. The smallest absolute Gasteiger partial charge is 0.229 e. The Labute approximate surface area is 107 Å². The molecule has 0 aromatic carbocycles. The highest BCUT2D eigenvalue weighted by Crippen LogP contribution is 2.32. The highest BCUT2D eigenvalue weighted by Gasteiger charge is 2.25. The van der Waals surface area contributed by atoms with Gasteiger partial charge < -0.3 is 9.84 Å². The predicted octanol–water partition coefficient (Wildman–Crippen LogP) is 2.57. The van der Waals surface area contributed by atoms with Gasteiger partial charge in [-0.25, -0.2) is 0 Å². The van der Waals surface area contributed by atoms with Gasteiger partial charge in [-0.3, -0.25) is 0 Å². The van der Waals surface area contributed by atoms with E-state index in [9.17, 15) is 0 Å². The van der Waals surface area contributed by atoms with Crippen LogP contribution in [0.4, 0.5) is 0 Å². The normalized spacial score (nSPS) is 25.1. The van der Waals surface area contributed by atoms with E-state index in [4.69, 9.17) is 4.52 Å². The number of hydrogen-bond acceptors (Lipinski definition) is 5. The molecule has 1 aromatic rings. The van der Waals surface area contributed by atoms with Crippen molar-refractivity contribution in [3.8, 4) is 0 Å². The number of nitrogens with zero attached hydrogens (tertiary/aromatic N) is 2. The summed E-state index contributed by atoms with van der Waals surface area (Å²) in [6, 6.07) is 0.685. The van der Waals surface area contributed by atoms with Crippen LogP contribution in [-0.2, 0) is 5.75 Å². The van der Waals surface area contributed by atoms with Crippen LogP contribution in [0.2, 0.25) is 0 Å². The Morgan fingerprint density at radius 3 is 2.76 bits per heavy atom. The maximum absolute atomic E-state index is 5.36. The fourth-order valence-corrected chi connectivity index (χ4v) is 2.83. The van der Waals surface area contributed by atoms with E-state index in [2.05, 4.69) is 28.6 Å². The highest BCUT2D eigenvalue weighted by atomic mass is 32.2. The molecule has 0 saturated heterocycles. The zero-order valence-corrected chi connectivity index (χ0v) is 11.4. The standard InChI is InChI=1S/C12H21N3OS/c1-3-13-10-6-4-9(5-7-10)12-14-11(8-17-2)15-16-12/h9-10,13H,3-8H2,1-2H3. The molecule has 1 saturated carbocycles. The van der Waals surface area contributed by atoms with Crippen LogP contribution in [0.3, 0.4) is 0 Å². The SMILES string of the molecule is CCNC1CCC(c2nc(CSC)no2)CC1. The summed E-state index contributed by atoms with van der Waals surface area (Å²) in [6.45, 7) is 3.23. The molecule has 1 aliphatic carbocycles. The number of aromatic nitrogens is 2. The van der Waals surface area contributed by atoms with Crippen LogP contribution in [0.25, 0.3) is 0 Å². The summed E-state index contributed by atoms with van der Waals surface area (Å²) in [4.78, 5) is 4.48. The maximum Gasteiger partial charge on any atom is 0.229 e. The van der Waals surface area contributed by atoms with Crippen LogP contribution in [-0.4, -0.2) is 29.0 Å². The predicted molar refractivity (Wildman–Crippen MR) is 70.2 cm³/mol. The van der Waals surface area contributed by atoms with Gasteiger partial charge in [0.05, 0.1) is 5.75 Å². The molecule has 17 heavy (non-hydrogen) atoms. The van der Waals surface area contributed by atoms with Crippen LogP contribution in [0.1, 0.15) is 50.2 Å². The fourth-order valence-electron chi connectivity index (χ4n) is 2.45. The molecule has 1 fully saturated rings. The molecule has 0 atom stereocenters. The van der Waals surface area contributed by atoms with Gasteiger partial charge in [-0.05, 0) is 38.5 Å². The lowest BCUT2D eigenvalue weighted by Crippen LogP contribution is -2.32. The van der Waals surface area contributed by atoms with Gasteiger partial charge in [0.2, 0.25) is 5.89 Å². The molecule has 0 spiro atoms. The number of hydrogen-bond donors (Lipinski definition) is 1. The number of rotatable bonds is 5. The molecule has 0 amide bonds. The zero-order chi connectivity index (χ0) is 12.1. The third kappa shape index (κ3) is 3.45. The van der Waals surface area contributed by atoms with Gasteiger partial charge in [0.1, 0.15) is 0 Å². The molecule has 96 valence electrons. The maximum atomic E-state index is 5.36. The summed E-state index contributed by atoms with van der Waals surface area (Å²) >= 11 is 1.73. The number of nitrogens with one attached hydrogen (secondary N) is 1. The highest BCUT2D eigenvalue weighted by molar-refractivity contribution is 7.97. The van der Waals surface area contributed by atoms with Crippen LogP contribution >= 0.6 is 11.8 Å². The largest absolute Gasteiger partial charge is 0.339 e. The van der Waals surface area contributed by atoms with Gasteiger partial charge in [-0.15, -0.1) is 0 Å². The summed E-state index contributed by atoms with van der Waals surface area (Å²) in [6.07, 6.45) is 6.83. The monoisotopic (exact) mass is 255 g/mol. The first-order valence-corrected chi connectivity index (χ1v) is 7.77. The molecular weight excluding hydrogens is 234 g/mol. The Morgan fingerprint density at radius 1 is 1.35 bits per heavy atom. The number of thioether (sulfide) groups is 1. The molecule has 0 unspecified atom stereocenters. The van der Waals surface area contributed by atoms with E-state index in [1.165, 1.54) is 25.7 Å². The van der Waals surface area contributed by atoms with E-state index >= 15 is 0 Å². The van der Waals surface area contributed by atoms with Gasteiger partial charge in [0, 0.05) is 12.0 Å². The van der Waals surface area contributed by atoms with Crippen molar-refractivity contribution in [2.75, 3.05) is 12.8 Å². The van der Waals surface area contributed by atoms with Crippen molar-refractivity contribution >= 4 is 11.8 Å². The average molecular weight is 255 g/mol. The molecule has 5 heteroatoms. The first kappa shape index (κ1) is 12.9. The third-order valence-electron chi connectivity index (χ3n) is 3.33. The van der Waals surface area contributed by atoms with Crippen molar-refractivity contribution in [3.05, 3.63) is 11.7 Å². The Morgan fingerprint density at radius 2 is 2.12 bits per heavy atom. The summed E-state index contributed by atoms with van der Waals surface area (Å²) in [5.41, 5.74) is 0. The first-order valence-electron chi connectivity index (χ1n) is 6.38. The molecule has 2 rings (SSSR count). The van der Waals surface area contributed by atoms with E-state index in [1.54, 1.807) is 11.8 Å². The second kappa shape index (κ2) is 6.40. The van der Waals surface area contributed by atoms with Crippen LogP contribution in [0, 0.1) is 0 Å². The molecule has 1 heterocycles. The van der Waals surface area contributed by atoms with Crippen molar-refractivity contribution in [3.63, 3.8) is 0 Å². The summed E-state index contributed by atoms with van der Waals surface area (Å²) in [5, 5.41) is 7.53. The zero-order valence-electron chi connectivity index (χ0n) is 10.6. The summed E-state index contributed by atoms with van der Waals surface area (Å²) in [7, 11) is 0. The van der Waals surface area contributed by atoms with Gasteiger partial charge in [0.15, 0.2) is 5.82 Å². The van der Waals surface area contributed by atoms with Crippen molar-refractivity contribution in [1.29, 1.82) is 0 Å². The Kier molecular flexibility index (Phi) is 4.86. The molecule has 0 bridgehead atoms. The third-order valence-corrected chi connectivity index (χ3v) is 3.87. The van der Waals surface area contributed by atoms with Crippen molar-refractivity contribution in [1.82, 2.24) is 15.5 Å². The lowest BCUT2D eigenvalue weighted by atomic mass is 9.86. The van der Waals surface area contributed by atoms with Crippen molar-refractivity contribution in [2.45, 2.75) is 50.3 Å². The Bertz CT molecular complexity index is 334. The molecular formula is C12H21N3OS. The molecule has 4 nitrogen and oxygen atoms in total. The van der Waals surface area contributed by atoms with Gasteiger partial charge in [-0.2, -0.15) is 16.7 Å². The van der Waals surface area contributed by atoms with Crippen molar-refractivity contribution < 1.29 is 4.52 Å². The van der Waals surface area contributed by atoms with E-state index in [0.29, 0.717) is 12.0 Å². The molecule has 0 aliphatic heterocycles. The second-order valence-electron chi connectivity index (χ2n) is 4.59. The van der Waals surface area contributed by atoms with E-state index < -0.39 is 0 Å². The fraction of sp³-hybridized carbons (Fsp3) is 0.833. The molecule has 1 aromatic heterocycles. The van der Waals surface area contributed by atoms with Crippen LogP contribution in [0.15, 0.2) is 4.52 Å². The van der Waals surface area contributed by atoms with Crippen LogP contribution < -0.4 is 5.32 Å². The summed E-state index contributed by atoms with van der Waals surface area (Å²) < 4.78 is 5.36. The van der Waals surface area contributed by atoms with Gasteiger partial charge in [0.25, 0.3) is 0 Å². The molecule has 1 aliphatic rings. The molecule has 0 radical (unpaired) electrons.